The summed E-state index contributed by atoms with van der Waals surface area (Å²) in [7, 11) is 0. The van der Waals surface area contributed by atoms with Crippen molar-refractivity contribution >= 4 is 11.9 Å². The van der Waals surface area contributed by atoms with Gasteiger partial charge in [-0.25, -0.2) is 4.79 Å². The van der Waals surface area contributed by atoms with E-state index in [-0.39, 0.29) is 18.4 Å². The van der Waals surface area contributed by atoms with Crippen LogP contribution in [0.3, 0.4) is 0 Å². The molecule has 0 aromatic heterocycles. The van der Waals surface area contributed by atoms with E-state index in [1.165, 1.54) is 0 Å². The third kappa shape index (κ3) is 5.49. The fourth-order valence-corrected chi connectivity index (χ4v) is 1.79. The lowest BCUT2D eigenvalue weighted by Crippen LogP contribution is -2.51. The Kier molecular flexibility index (Phi) is 6.32. The summed E-state index contributed by atoms with van der Waals surface area (Å²) in [4.78, 5) is 23.2. The predicted molar refractivity (Wildman–Crippen MR) is 71.0 cm³/mol. The molecule has 0 heterocycles. The fourth-order valence-electron chi connectivity index (χ4n) is 1.79. The van der Waals surface area contributed by atoms with Gasteiger partial charge in [-0.2, -0.15) is 0 Å². The summed E-state index contributed by atoms with van der Waals surface area (Å²) in [5.74, 6) is -1.26. The van der Waals surface area contributed by atoms with Gasteiger partial charge in [-0.1, -0.05) is 34.6 Å². The molecule has 0 fully saturated rings. The van der Waals surface area contributed by atoms with Crippen LogP contribution >= 0.6 is 0 Å². The molecular weight excluding hydrogens is 232 g/mol. The number of carboxylic acids is 1. The van der Waals surface area contributed by atoms with Gasteiger partial charge >= 0.3 is 5.97 Å². The maximum absolute atomic E-state index is 12.0. The average Bonchev–Trinajstić information content (AvgIpc) is 2.19. The van der Waals surface area contributed by atoms with Gasteiger partial charge in [0.25, 0.3) is 0 Å². The molecule has 2 atom stereocenters. The summed E-state index contributed by atoms with van der Waals surface area (Å²) in [5.41, 5.74) is 5.05. The molecule has 0 saturated heterocycles. The molecule has 5 nitrogen and oxygen atoms in total. The third-order valence-corrected chi connectivity index (χ3v) is 2.81. The van der Waals surface area contributed by atoms with Crippen molar-refractivity contribution in [2.75, 3.05) is 6.54 Å². The van der Waals surface area contributed by atoms with E-state index < -0.39 is 17.4 Å². The quantitative estimate of drug-likeness (QED) is 0.668. The number of carbonyl (C=O) groups excluding carboxylic acids is 1. The maximum atomic E-state index is 12.0. The number of carbonyl (C=O) groups is 2. The molecule has 0 spiro atoms. The van der Waals surface area contributed by atoms with Gasteiger partial charge in [0.1, 0.15) is 6.04 Å². The number of rotatable bonds is 6. The van der Waals surface area contributed by atoms with Gasteiger partial charge in [-0.3, -0.25) is 4.79 Å². The van der Waals surface area contributed by atoms with Crippen LogP contribution in [0.25, 0.3) is 0 Å². The molecule has 0 aromatic rings. The number of nitrogens with two attached hydrogens (primary N) is 1. The van der Waals surface area contributed by atoms with E-state index in [2.05, 4.69) is 5.32 Å². The summed E-state index contributed by atoms with van der Waals surface area (Å²) in [6.45, 7) is 9.60. The van der Waals surface area contributed by atoms with E-state index in [9.17, 15) is 9.59 Å². The lowest BCUT2D eigenvalue weighted by Gasteiger charge is -2.29. The number of nitrogens with one attached hydrogen (secondary N) is 1. The number of hydrogen-bond acceptors (Lipinski definition) is 3. The third-order valence-electron chi connectivity index (χ3n) is 2.81. The number of hydrogen-bond donors (Lipinski definition) is 3. The van der Waals surface area contributed by atoms with Crippen LogP contribution < -0.4 is 11.1 Å². The molecule has 0 aromatic carbocycles. The number of amides is 1. The Morgan fingerprint density at radius 1 is 1.28 bits per heavy atom. The van der Waals surface area contributed by atoms with Crippen molar-refractivity contribution in [3.05, 3.63) is 0 Å². The molecule has 2 unspecified atom stereocenters. The highest BCUT2D eigenvalue weighted by Crippen LogP contribution is 2.20. The molecule has 0 aliphatic rings. The zero-order valence-corrected chi connectivity index (χ0v) is 12.0. The van der Waals surface area contributed by atoms with Crippen molar-refractivity contribution in [2.45, 2.75) is 47.1 Å². The minimum atomic E-state index is -1.02. The maximum Gasteiger partial charge on any atom is 0.326 e. The first kappa shape index (κ1) is 16.9. The summed E-state index contributed by atoms with van der Waals surface area (Å²) in [5, 5.41) is 11.7. The molecule has 1 amide bonds. The Hall–Kier alpha value is -1.10. The topological polar surface area (TPSA) is 92.4 Å². The molecule has 0 radical (unpaired) electrons. The van der Waals surface area contributed by atoms with Crippen LogP contribution in [0.15, 0.2) is 0 Å². The Bertz CT molecular complexity index is 295. The summed E-state index contributed by atoms with van der Waals surface area (Å²) >= 11 is 0. The first-order valence-corrected chi connectivity index (χ1v) is 6.32. The average molecular weight is 258 g/mol. The van der Waals surface area contributed by atoms with Crippen LogP contribution in [0.5, 0.6) is 0 Å². The van der Waals surface area contributed by atoms with Gasteiger partial charge in [-0.05, 0) is 17.8 Å². The van der Waals surface area contributed by atoms with Gasteiger partial charge in [-0.15, -0.1) is 0 Å². The highest BCUT2D eigenvalue weighted by atomic mass is 16.4. The van der Waals surface area contributed by atoms with Crippen LogP contribution in [0, 0.1) is 17.3 Å². The zero-order valence-electron chi connectivity index (χ0n) is 12.0. The highest BCUT2D eigenvalue weighted by molar-refractivity contribution is 5.85. The van der Waals surface area contributed by atoms with Gasteiger partial charge in [0.05, 0.1) is 5.92 Å². The van der Waals surface area contributed by atoms with Gasteiger partial charge < -0.3 is 16.2 Å². The molecule has 0 bridgehead atoms. The van der Waals surface area contributed by atoms with E-state index in [1.807, 2.05) is 13.8 Å². The standard InChI is InChI=1S/C13H26N2O3/c1-8(2)6-9(7-14)11(16)15-10(12(17)18)13(3,4)5/h8-10H,6-7,14H2,1-5H3,(H,15,16)(H,17,18). The second-order valence-electron chi connectivity index (χ2n) is 6.21. The minimum absolute atomic E-state index is 0.237. The van der Waals surface area contributed by atoms with Crippen LogP contribution in [0.1, 0.15) is 41.0 Å². The van der Waals surface area contributed by atoms with E-state index >= 15 is 0 Å². The van der Waals surface area contributed by atoms with E-state index in [1.54, 1.807) is 20.8 Å². The second-order valence-corrected chi connectivity index (χ2v) is 6.21. The molecule has 5 heteroatoms. The van der Waals surface area contributed by atoms with Crippen molar-refractivity contribution in [1.29, 1.82) is 0 Å². The molecule has 0 aliphatic carbocycles. The van der Waals surface area contributed by atoms with E-state index in [0.717, 1.165) is 0 Å². The van der Waals surface area contributed by atoms with Crippen LogP contribution in [0.2, 0.25) is 0 Å². The first-order chi connectivity index (χ1) is 8.09. The molecule has 0 saturated carbocycles. The molecule has 18 heavy (non-hydrogen) atoms. The lowest BCUT2D eigenvalue weighted by atomic mass is 9.86. The minimum Gasteiger partial charge on any atom is -0.480 e. The highest BCUT2D eigenvalue weighted by Gasteiger charge is 2.34. The summed E-state index contributed by atoms with van der Waals surface area (Å²) in [6, 6.07) is -0.897. The zero-order chi connectivity index (χ0) is 14.5. The smallest absolute Gasteiger partial charge is 0.326 e. The van der Waals surface area contributed by atoms with Crippen LogP contribution in [0.4, 0.5) is 0 Å². The first-order valence-electron chi connectivity index (χ1n) is 6.32. The largest absolute Gasteiger partial charge is 0.480 e. The van der Waals surface area contributed by atoms with Crippen molar-refractivity contribution in [2.24, 2.45) is 23.0 Å². The Morgan fingerprint density at radius 2 is 1.78 bits per heavy atom. The second kappa shape index (κ2) is 6.73. The lowest BCUT2D eigenvalue weighted by molar-refractivity contribution is -0.145. The summed E-state index contributed by atoms with van der Waals surface area (Å²) < 4.78 is 0. The Balaban J connectivity index is 4.73. The van der Waals surface area contributed by atoms with Gasteiger partial charge in [0.15, 0.2) is 0 Å². The number of aliphatic carboxylic acids is 1. The molecule has 0 aliphatic heterocycles. The Morgan fingerprint density at radius 3 is 2.06 bits per heavy atom. The van der Waals surface area contributed by atoms with Crippen molar-refractivity contribution < 1.29 is 14.7 Å². The molecular formula is C13H26N2O3. The van der Waals surface area contributed by atoms with E-state index in [4.69, 9.17) is 10.8 Å². The number of carboxylic acid groups (broad SMARTS) is 1. The SMILES string of the molecule is CC(C)CC(CN)C(=O)NC(C(=O)O)C(C)(C)C. The van der Waals surface area contributed by atoms with Crippen molar-refractivity contribution in [3.8, 4) is 0 Å². The van der Waals surface area contributed by atoms with Crippen molar-refractivity contribution in [3.63, 3.8) is 0 Å². The Labute approximate surface area is 109 Å². The molecule has 0 rings (SSSR count). The van der Waals surface area contributed by atoms with Crippen molar-refractivity contribution in [1.82, 2.24) is 5.32 Å². The van der Waals surface area contributed by atoms with E-state index in [0.29, 0.717) is 12.3 Å². The fraction of sp³-hybridized carbons (Fsp3) is 0.846. The van der Waals surface area contributed by atoms with Crippen LogP contribution in [-0.4, -0.2) is 29.6 Å². The summed E-state index contributed by atoms with van der Waals surface area (Å²) in [6.07, 6.45) is 0.665. The van der Waals surface area contributed by atoms with Gasteiger partial charge in [0.2, 0.25) is 5.91 Å². The van der Waals surface area contributed by atoms with Gasteiger partial charge in [0, 0.05) is 6.54 Å². The van der Waals surface area contributed by atoms with Crippen LogP contribution in [-0.2, 0) is 9.59 Å². The molecule has 4 N–H and O–H groups in total. The normalized spacial score (nSPS) is 15.3. The monoisotopic (exact) mass is 258 g/mol. The molecule has 106 valence electrons. The predicted octanol–water partition coefficient (Wildman–Crippen LogP) is 1.22.